The summed E-state index contributed by atoms with van der Waals surface area (Å²) in [7, 11) is 0. The molecule has 196 valence electrons. The Morgan fingerprint density at radius 1 is 0.744 bits per heavy atom. The molecule has 0 saturated carbocycles. The monoisotopic (exact) mass is 519 g/mol. The molecule has 7 nitrogen and oxygen atoms in total. The number of carbonyl (C=O) groups is 3. The van der Waals surface area contributed by atoms with Crippen molar-refractivity contribution in [2.75, 3.05) is 5.32 Å². The van der Waals surface area contributed by atoms with E-state index in [4.69, 9.17) is 4.74 Å². The van der Waals surface area contributed by atoms with Crippen molar-refractivity contribution < 1.29 is 19.1 Å². The van der Waals surface area contributed by atoms with E-state index in [0.717, 1.165) is 16.7 Å². The highest BCUT2D eigenvalue weighted by Crippen LogP contribution is 2.35. The summed E-state index contributed by atoms with van der Waals surface area (Å²) in [5, 5.41) is 5.88. The molecule has 1 saturated heterocycles. The maximum Gasteiger partial charge on any atom is 0.411 e. The van der Waals surface area contributed by atoms with E-state index in [1.54, 1.807) is 24.3 Å². The van der Waals surface area contributed by atoms with Gasteiger partial charge in [-0.3, -0.25) is 14.5 Å². The molecule has 0 aliphatic carbocycles. The van der Waals surface area contributed by atoms with Crippen LogP contribution in [0.5, 0.6) is 0 Å². The molecule has 0 unspecified atom stereocenters. The molecular formula is C32H29N3O4. The summed E-state index contributed by atoms with van der Waals surface area (Å²) >= 11 is 0. The Morgan fingerprint density at radius 2 is 1.36 bits per heavy atom. The third kappa shape index (κ3) is 6.51. The van der Waals surface area contributed by atoms with E-state index in [1.807, 2.05) is 91.0 Å². The van der Waals surface area contributed by atoms with Gasteiger partial charge in [0.2, 0.25) is 11.8 Å². The molecule has 1 aliphatic heterocycles. The van der Waals surface area contributed by atoms with Gasteiger partial charge >= 0.3 is 6.09 Å². The predicted molar refractivity (Wildman–Crippen MR) is 149 cm³/mol. The molecule has 7 heteroatoms. The van der Waals surface area contributed by atoms with Crippen molar-refractivity contribution in [3.05, 3.63) is 138 Å². The average Bonchev–Trinajstić information content (AvgIpc) is 3.29. The topological polar surface area (TPSA) is 87.7 Å². The minimum Gasteiger partial charge on any atom is -0.438 e. The second-order valence-electron chi connectivity index (χ2n) is 9.40. The SMILES string of the molecule is O=C(Cc1ccccc1)Nc1cccc([C@@H]2OC(=O)N(Cc3ccccc3)[C@H]2C(=O)NCc2ccccc2)c1. The fourth-order valence-corrected chi connectivity index (χ4v) is 4.66. The zero-order chi connectivity index (χ0) is 27.0. The summed E-state index contributed by atoms with van der Waals surface area (Å²) < 4.78 is 5.79. The summed E-state index contributed by atoms with van der Waals surface area (Å²) in [6.07, 6.45) is -1.18. The van der Waals surface area contributed by atoms with Crippen LogP contribution in [0.3, 0.4) is 0 Å². The van der Waals surface area contributed by atoms with Gasteiger partial charge in [-0.05, 0) is 34.4 Å². The third-order valence-corrected chi connectivity index (χ3v) is 6.57. The Hall–Kier alpha value is -4.91. The fraction of sp³-hybridized carbons (Fsp3) is 0.156. The number of carbonyl (C=O) groups excluding carboxylic acids is 3. The largest absolute Gasteiger partial charge is 0.438 e. The van der Waals surface area contributed by atoms with Crippen LogP contribution in [-0.2, 0) is 33.8 Å². The van der Waals surface area contributed by atoms with E-state index in [0.29, 0.717) is 17.8 Å². The zero-order valence-corrected chi connectivity index (χ0v) is 21.3. The molecule has 4 aromatic carbocycles. The Kier molecular flexibility index (Phi) is 7.98. The molecule has 4 aromatic rings. The quantitative estimate of drug-likeness (QED) is 0.316. The first-order chi connectivity index (χ1) is 19.1. The molecule has 0 bridgehead atoms. The highest BCUT2D eigenvalue weighted by molar-refractivity contribution is 5.92. The number of anilines is 1. The molecule has 0 radical (unpaired) electrons. The first-order valence-corrected chi connectivity index (χ1v) is 12.8. The normalized spacial score (nSPS) is 16.4. The molecule has 5 rings (SSSR count). The Morgan fingerprint density at radius 3 is 2.03 bits per heavy atom. The standard InChI is InChI=1S/C32H29N3O4/c36-28(19-23-11-4-1-5-12-23)34-27-18-10-17-26(20-27)30-29(31(37)33-21-24-13-6-2-7-14-24)35(32(38)39-30)22-25-15-8-3-9-16-25/h1-18,20,29-30H,19,21-22H2,(H,33,37)(H,34,36)/t29-,30+/m1/s1. The number of hydrogen-bond donors (Lipinski definition) is 2. The minimum atomic E-state index is -0.892. The van der Waals surface area contributed by atoms with E-state index >= 15 is 0 Å². The van der Waals surface area contributed by atoms with Crippen LogP contribution in [-0.4, -0.2) is 28.8 Å². The molecule has 1 aliphatic rings. The van der Waals surface area contributed by atoms with Crippen LogP contribution in [0.2, 0.25) is 0 Å². The molecule has 2 atom stereocenters. The van der Waals surface area contributed by atoms with Crippen molar-refractivity contribution in [1.29, 1.82) is 0 Å². The van der Waals surface area contributed by atoms with Crippen LogP contribution in [0.15, 0.2) is 115 Å². The lowest BCUT2D eigenvalue weighted by atomic mass is 10.00. The molecule has 0 spiro atoms. The van der Waals surface area contributed by atoms with E-state index in [1.165, 1.54) is 4.90 Å². The number of benzene rings is 4. The van der Waals surface area contributed by atoms with E-state index in [2.05, 4.69) is 10.6 Å². The van der Waals surface area contributed by atoms with Gasteiger partial charge < -0.3 is 15.4 Å². The molecule has 2 N–H and O–H groups in total. The van der Waals surface area contributed by atoms with E-state index in [9.17, 15) is 14.4 Å². The molecule has 1 heterocycles. The number of hydrogen-bond acceptors (Lipinski definition) is 4. The van der Waals surface area contributed by atoms with Crippen molar-refractivity contribution in [3.63, 3.8) is 0 Å². The molecule has 1 fully saturated rings. The Bertz CT molecular complexity index is 1430. The number of cyclic esters (lactones) is 1. The second kappa shape index (κ2) is 12.1. The predicted octanol–water partition coefficient (Wildman–Crippen LogP) is 5.25. The van der Waals surface area contributed by atoms with Gasteiger partial charge in [0.15, 0.2) is 12.1 Å². The van der Waals surface area contributed by atoms with Crippen LogP contribution in [0.25, 0.3) is 0 Å². The van der Waals surface area contributed by atoms with E-state index < -0.39 is 18.2 Å². The summed E-state index contributed by atoms with van der Waals surface area (Å²) in [6, 6.07) is 34.8. The van der Waals surface area contributed by atoms with Crippen LogP contribution in [0.1, 0.15) is 28.4 Å². The number of nitrogens with zero attached hydrogens (tertiary/aromatic N) is 1. The van der Waals surface area contributed by atoms with Gasteiger partial charge in [-0.2, -0.15) is 0 Å². The van der Waals surface area contributed by atoms with Gasteiger partial charge in [-0.15, -0.1) is 0 Å². The van der Waals surface area contributed by atoms with Gasteiger partial charge in [0.1, 0.15) is 0 Å². The zero-order valence-electron chi connectivity index (χ0n) is 21.3. The summed E-state index contributed by atoms with van der Waals surface area (Å²) in [5.41, 5.74) is 3.93. The average molecular weight is 520 g/mol. The van der Waals surface area contributed by atoms with Crippen molar-refractivity contribution in [1.82, 2.24) is 10.2 Å². The van der Waals surface area contributed by atoms with Crippen molar-refractivity contribution in [2.24, 2.45) is 0 Å². The first-order valence-electron chi connectivity index (χ1n) is 12.8. The maximum absolute atomic E-state index is 13.6. The highest BCUT2D eigenvalue weighted by atomic mass is 16.6. The first kappa shape index (κ1) is 25.7. The molecular weight excluding hydrogens is 490 g/mol. The van der Waals surface area contributed by atoms with Gasteiger partial charge in [0, 0.05) is 12.2 Å². The van der Waals surface area contributed by atoms with Crippen molar-refractivity contribution >= 4 is 23.6 Å². The smallest absolute Gasteiger partial charge is 0.411 e. The lowest BCUT2D eigenvalue weighted by molar-refractivity contribution is -0.126. The number of amides is 3. The minimum absolute atomic E-state index is 0.162. The second-order valence-corrected chi connectivity index (χ2v) is 9.40. The number of nitrogens with one attached hydrogen (secondary N) is 2. The van der Waals surface area contributed by atoms with E-state index in [-0.39, 0.29) is 24.8 Å². The summed E-state index contributed by atoms with van der Waals surface area (Å²) in [6.45, 7) is 0.555. The number of rotatable bonds is 9. The summed E-state index contributed by atoms with van der Waals surface area (Å²) in [5.74, 6) is -0.478. The van der Waals surface area contributed by atoms with Crippen LogP contribution < -0.4 is 10.6 Å². The lowest BCUT2D eigenvalue weighted by Crippen LogP contribution is -2.46. The van der Waals surface area contributed by atoms with Crippen LogP contribution in [0.4, 0.5) is 10.5 Å². The molecule has 0 aromatic heterocycles. The van der Waals surface area contributed by atoms with Gasteiger partial charge in [-0.25, -0.2) is 4.79 Å². The summed E-state index contributed by atoms with van der Waals surface area (Å²) in [4.78, 5) is 40.7. The van der Waals surface area contributed by atoms with Crippen molar-refractivity contribution in [3.8, 4) is 0 Å². The number of ether oxygens (including phenoxy) is 1. The lowest BCUT2D eigenvalue weighted by Gasteiger charge is -2.24. The van der Waals surface area contributed by atoms with Gasteiger partial charge in [-0.1, -0.05) is 103 Å². The third-order valence-electron chi connectivity index (χ3n) is 6.57. The van der Waals surface area contributed by atoms with Gasteiger partial charge in [0.05, 0.1) is 13.0 Å². The van der Waals surface area contributed by atoms with Crippen LogP contribution >= 0.6 is 0 Å². The highest BCUT2D eigenvalue weighted by Gasteiger charge is 2.47. The fourth-order valence-electron chi connectivity index (χ4n) is 4.66. The van der Waals surface area contributed by atoms with Gasteiger partial charge in [0.25, 0.3) is 0 Å². The molecule has 3 amide bonds. The van der Waals surface area contributed by atoms with Crippen LogP contribution in [0, 0.1) is 0 Å². The Balaban J connectivity index is 1.37. The Labute approximate surface area is 227 Å². The van der Waals surface area contributed by atoms with Crippen molar-refractivity contribution in [2.45, 2.75) is 31.7 Å². The maximum atomic E-state index is 13.6. The molecule has 39 heavy (non-hydrogen) atoms.